The Morgan fingerprint density at radius 3 is 2.72 bits per heavy atom. The molecule has 0 aliphatic carbocycles. The van der Waals surface area contributed by atoms with Gasteiger partial charge in [-0.1, -0.05) is 6.08 Å². The van der Waals surface area contributed by atoms with Gasteiger partial charge in [-0.25, -0.2) is 0 Å². The van der Waals surface area contributed by atoms with Gasteiger partial charge in [0, 0.05) is 19.6 Å². The molecular formula is C20H26N2O3. The van der Waals surface area contributed by atoms with E-state index in [9.17, 15) is 9.90 Å². The maximum atomic E-state index is 11.3. The maximum absolute atomic E-state index is 11.3. The first kappa shape index (κ1) is 19.0. The zero-order chi connectivity index (χ0) is 18.4. The Hall–Kier alpha value is -2.32. The number of benzene rings is 1. The molecule has 5 nitrogen and oxygen atoms in total. The summed E-state index contributed by atoms with van der Waals surface area (Å²) >= 11 is 0. The fourth-order valence-electron chi connectivity index (χ4n) is 3.07. The summed E-state index contributed by atoms with van der Waals surface area (Å²) in [5.74, 6) is 0.0424. The van der Waals surface area contributed by atoms with E-state index in [1.165, 1.54) is 0 Å². The van der Waals surface area contributed by atoms with E-state index < -0.39 is 11.4 Å². The van der Waals surface area contributed by atoms with E-state index in [2.05, 4.69) is 17.5 Å². The number of carboxylic acid groups (broad SMARTS) is 1. The number of carbonyl (C=O) groups is 1. The lowest BCUT2D eigenvalue weighted by Gasteiger charge is -2.35. The Bertz CT molecular complexity index is 668. The molecular weight excluding hydrogens is 316 g/mol. The van der Waals surface area contributed by atoms with Crippen molar-refractivity contribution in [1.82, 2.24) is 4.90 Å². The molecule has 0 saturated carbocycles. The second-order valence-electron chi connectivity index (χ2n) is 7.21. The van der Waals surface area contributed by atoms with Crippen LogP contribution in [-0.2, 0) is 11.2 Å². The van der Waals surface area contributed by atoms with Crippen molar-refractivity contribution in [3.05, 3.63) is 42.0 Å². The van der Waals surface area contributed by atoms with Crippen molar-refractivity contribution in [2.75, 3.05) is 19.6 Å². The standard InChI is InChI=1S/C20H26N2O3/c1-4-5-16-12-15(13-21)6-7-18(16)25-17-8-10-22(11-9-17)14-20(2,3)19(23)24/h4,6-7,12,17H,1,5,8-11,14H2,2-3H3,(H,23,24). The normalized spacial score (nSPS) is 16.2. The fraction of sp³-hybridized carbons (Fsp3) is 0.500. The van der Waals surface area contributed by atoms with Crippen LogP contribution >= 0.6 is 0 Å². The van der Waals surface area contributed by atoms with Gasteiger partial charge in [-0.05, 0) is 56.9 Å². The number of likely N-dealkylation sites (tertiary alicyclic amines) is 1. The summed E-state index contributed by atoms with van der Waals surface area (Å²) in [4.78, 5) is 13.5. The molecule has 0 atom stereocenters. The number of nitrogens with zero attached hydrogens (tertiary/aromatic N) is 2. The Balaban J connectivity index is 1.95. The van der Waals surface area contributed by atoms with Crippen molar-refractivity contribution in [1.29, 1.82) is 5.26 Å². The summed E-state index contributed by atoms with van der Waals surface area (Å²) in [6.07, 6.45) is 4.31. The number of piperidine rings is 1. The zero-order valence-corrected chi connectivity index (χ0v) is 15.0. The van der Waals surface area contributed by atoms with Crippen molar-refractivity contribution in [3.8, 4) is 11.8 Å². The Morgan fingerprint density at radius 1 is 1.48 bits per heavy atom. The van der Waals surface area contributed by atoms with Gasteiger partial charge in [0.2, 0.25) is 0 Å². The lowest BCUT2D eigenvalue weighted by atomic mass is 9.92. The van der Waals surface area contributed by atoms with Crippen LogP contribution in [0.3, 0.4) is 0 Å². The Morgan fingerprint density at radius 2 is 2.16 bits per heavy atom. The van der Waals surface area contributed by atoms with Crippen molar-refractivity contribution in [2.24, 2.45) is 5.41 Å². The first-order chi connectivity index (χ1) is 11.9. The van der Waals surface area contributed by atoms with Gasteiger partial charge in [0.25, 0.3) is 0 Å². The van der Waals surface area contributed by atoms with E-state index in [1.54, 1.807) is 26.0 Å². The summed E-state index contributed by atoms with van der Waals surface area (Å²) in [7, 11) is 0. The minimum Gasteiger partial charge on any atom is -0.490 e. The first-order valence-corrected chi connectivity index (χ1v) is 8.62. The van der Waals surface area contributed by atoms with Gasteiger partial charge in [0.05, 0.1) is 17.0 Å². The van der Waals surface area contributed by atoms with Gasteiger partial charge < -0.3 is 14.7 Å². The lowest BCUT2D eigenvalue weighted by Crippen LogP contribution is -2.45. The highest BCUT2D eigenvalue weighted by molar-refractivity contribution is 5.73. The SMILES string of the molecule is C=CCc1cc(C#N)ccc1OC1CCN(CC(C)(C)C(=O)O)CC1. The van der Waals surface area contributed by atoms with Gasteiger partial charge in [-0.3, -0.25) is 4.79 Å². The van der Waals surface area contributed by atoms with Gasteiger partial charge in [-0.15, -0.1) is 6.58 Å². The number of ether oxygens (including phenoxy) is 1. The van der Waals surface area contributed by atoms with Gasteiger partial charge in [0.1, 0.15) is 11.9 Å². The van der Waals surface area contributed by atoms with E-state index in [4.69, 9.17) is 10.00 Å². The second-order valence-corrected chi connectivity index (χ2v) is 7.21. The van der Waals surface area contributed by atoms with Gasteiger partial charge >= 0.3 is 5.97 Å². The van der Waals surface area contributed by atoms with Crippen LogP contribution < -0.4 is 4.74 Å². The summed E-state index contributed by atoms with van der Waals surface area (Å²) in [6, 6.07) is 7.63. The Labute approximate surface area is 149 Å². The molecule has 1 aliphatic rings. The van der Waals surface area contributed by atoms with Crippen LogP contribution in [0.15, 0.2) is 30.9 Å². The smallest absolute Gasteiger partial charge is 0.310 e. The van der Waals surface area contributed by atoms with E-state index in [0.29, 0.717) is 18.5 Å². The highest BCUT2D eigenvalue weighted by Crippen LogP contribution is 2.26. The summed E-state index contributed by atoms with van der Waals surface area (Å²) < 4.78 is 6.16. The molecule has 25 heavy (non-hydrogen) atoms. The number of hydrogen-bond donors (Lipinski definition) is 1. The molecule has 0 radical (unpaired) electrons. The number of aliphatic carboxylic acids is 1. The average Bonchev–Trinajstić information content (AvgIpc) is 2.58. The third-order valence-electron chi connectivity index (χ3n) is 4.58. The molecule has 1 saturated heterocycles. The molecule has 2 rings (SSSR count). The van der Waals surface area contributed by atoms with Crippen LogP contribution in [0.4, 0.5) is 0 Å². The van der Waals surface area contributed by atoms with E-state index in [-0.39, 0.29) is 6.10 Å². The highest BCUT2D eigenvalue weighted by Gasteiger charge is 2.31. The van der Waals surface area contributed by atoms with E-state index >= 15 is 0 Å². The molecule has 0 bridgehead atoms. The second kappa shape index (κ2) is 8.17. The average molecular weight is 342 g/mol. The number of carboxylic acids is 1. The van der Waals surface area contributed by atoms with Crippen LogP contribution in [0.5, 0.6) is 5.75 Å². The largest absolute Gasteiger partial charge is 0.490 e. The monoisotopic (exact) mass is 342 g/mol. The van der Waals surface area contributed by atoms with E-state index in [0.717, 1.165) is 37.2 Å². The summed E-state index contributed by atoms with van der Waals surface area (Å²) in [6.45, 7) is 9.49. The molecule has 1 aromatic carbocycles. The predicted molar refractivity (Wildman–Crippen MR) is 96.6 cm³/mol. The first-order valence-electron chi connectivity index (χ1n) is 8.62. The molecule has 0 unspecified atom stereocenters. The molecule has 0 aromatic heterocycles. The highest BCUT2D eigenvalue weighted by atomic mass is 16.5. The summed E-state index contributed by atoms with van der Waals surface area (Å²) in [5.41, 5.74) is 0.858. The van der Waals surface area contributed by atoms with Crippen LogP contribution in [0.25, 0.3) is 0 Å². The minimum absolute atomic E-state index is 0.112. The molecule has 5 heteroatoms. The predicted octanol–water partition coefficient (Wildman–Crippen LogP) is 3.24. The third kappa shape index (κ3) is 5.07. The van der Waals surface area contributed by atoms with Crippen molar-refractivity contribution in [2.45, 2.75) is 39.2 Å². The topological polar surface area (TPSA) is 73.6 Å². The van der Waals surface area contributed by atoms with Crippen molar-refractivity contribution in [3.63, 3.8) is 0 Å². The zero-order valence-electron chi connectivity index (χ0n) is 15.0. The molecule has 1 aromatic rings. The molecule has 1 fully saturated rings. The molecule has 0 spiro atoms. The van der Waals surface area contributed by atoms with Crippen molar-refractivity contribution >= 4 is 5.97 Å². The molecule has 134 valence electrons. The van der Waals surface area contributed by atoms with Crippen LogP contribution in [0.2, 0.25) is 0 Å². The quantitative estimate of drug-likeness (QED) is 0.770. The molecule has 1 heterocycles. The molecule has 0 amide bonds. The number of allylic oxidation sites excluding steroid dienone is 1. The number of nitriles is 1. The van der Waals surface area contributed by atoms with Crippen LogP contribution in [0, 0.1) is 16.7 Å². The van der Waals surface area contributed by atoms with Crippen LogP contribution in [0.1, 0.15) is 37.8 Å². The fourth-order valence-corrected chi connectivity index (χ4v) is 3.07. The third-order valence-corrected chi connectivity index (χ3v) is 4.58. The summed E-state index contributed by atoms with van der Waals surface area (Å²) in [5, 5.41) is 18.3. The van der Waals surface area contributed by atoms with Gasteiger partial charge in [0.15, 0.2) is 0 Å². The van der Waals surface area contributed by atoms with Gasteiger partial charge in [-0.2, -0.15) is 5.26 Å². The van der Waals surface area contributed by atoms with Crippen LogP contribution in [-0.4, -0.2) is 41.7 Å². The minimum atomic E-state index is -0.766. The van der Waals surface area contributed by atoms with E-state index in [1.807, 2.05) is 12.1 Å². The number of hydrogen-bond acceptors (Lipinski definition) is 4. The number of rotatable bonds is 7. The Kier molecular flexibility index (Phi) is 6.22. The maximum Gasteiger partial charge on any atom is 0.310 e. The van der Waals surface area contributed by atoms with Crippen molar-refractivity contribution < 1.29 is 14.6 Å². The molecule has 1 aliphatic heterocycles. The lowest BCUT2D eigenvalue weighted by molar-refractivity contribution is -0.148. The molecule has 1 N–H and O–H groups in total.